The van der Waals surface area contributed by atoms with Gasteiger partial charge in [-0.05, 0) is 50.6 Å². The van der Waals surface area contributed by atoms with E-state index in [0.29, 0.717) is 11.6 Å². The first-order valence-corrected chi connectivity index (χ1v) is 11.5. The summed E-state index contributed by atoms with van der Waals surface area (Å²) in [6, 6.07) is 6.27. The number of phenols is 1. The summed E-state index contributed by atoms with van der Waals surface area (Å²) in [5.41, 5.74) is 1.27. The molecule has 2 heterocycles. The third kappa shape index (κ3) is 4.42. The number of aromatic nitrogens is 2. The van der Waals surface area contributed by atoms with Crippen molar-refractivity contribution >= 4 is 39.1 Å². The van der Waals surface area contributed by atoms with Crippen LogP contribution in [0.15, 0.2) is 33.6 Å². The molecule has 3 aromatic rings. The van der Waals surface area contributed by atoms with Gasteiger partial charge in [-0.3, -0.25) is 0 Å². The molecule has 11 heteroatoms. The normalized spacial score (nSPS) is 12.9. The average molecular weight is 452 g/mol. The fraction of sp³-hybridized carbons (Fsp3) is 0.368. The SMILES string of the molecule is CNS(=O)(=O)c1cccc(Nc2nsnc2N[C@@H](c2cc(C)c(C)o2)C(C)C)c1O. The largest absolute Gasteiger partial charge is 0.504 e. The van der Waals surface area contributed by atoms with Crippen LogP contribution in [0.5, 0.6) is 5.75 Å². The van der Waals surface area contributed by atoms with Crippen LogP contribution in [-0.4, -0.2) is 29.3 Å². The molecule has 0 spiro atoms. The highest BCUT2D eigenvalue weighted by atomic mass is 32.2. The van der Waals surface area contributed by atoms with Crippen molar-refractivity contribution in [1.29, 1.82) is 0 Å². The molecule has 0 bridgehead atoms. The van der Waals surface area contributed by atoms with E-state index in [2.05, 4.69) is 38.0 Å². The van der Waals surface area contributed by atoms with Gasteiger partial charge >= 0.3 is 0 Å². The topological polar surface area (TPSA) is 129 Å². The summed E-state index contributed by atoms with van der Waals surface area (Å²) in [6.45, 7) is 8.04. The molecule has 0 amide bonds. The van der Waals surface area contributed by atoms with Crippen LogP contribution >= 0.6 is 11.7 Å². The number of rotatable bonds is 8. The number of hydrogen-bond donors (Lipinski definition) is 4. The Kier molecular flexibility index (Phi) is 6.34. The number of furan rings is 1. The Morgan fingerprint density at radius 1 is 1.17 bits per heavy atom. The minimum absolute atomic E-state index is 0.147. The smallest absolute Gasteiger partial charge is 0.244 e. The highest BCUT2D eigenvalue weighted by molar-refractivity contribution is 7.89. The number of nitrogens with zero attached hydrogens (tertiary/aromatic N) is 2. The van der Waals surface area contributed by atoms with E-state index in [1.807, 2.05) is 19.9 Å². The molecule has 0 aliphatic carbocycles. The van der Waals surface area contributed by atoms with Gasteiger partial charge in [-0.25, -0.2) is 13.1 Å². The molecular formula is C19H25N5O4S2. The number of benzene rings is 1. The maximum atomic E-state index is 12.1. The molecule has 3 rings (SSSR count). The summed E-state index contributed by atoms with van der Waals surface area (Å²) in [5.74, 6) is 2.31. The molecule has 162 valence electrons. The van der Waals surface area contributed by atoms with Crippen LogP contribution in [0.25, 0.3) is 0 Å². The van der Waals surface area contributed by atoms with Gasteiger partial charge < -0.3 is 20.2 Å². The Hall–Kier alpha value is -2.63. The molecule has 4 N–H and O–H groups in total. The van der Waals surface area contributed by atoms with Crippen molar-refractivity contribution < 1.29 is 17.9 Å². The number of hydrogen-bond acceptors (Lipinski definition) is 9. The van der Waals surface area contributed by atoms with Crippen molar-refractivity contribution in [1.82, 2.24) is 13.5 Å². The number of sulfonamides is 1. The summed E-state index contributed by atoms with van der Waals surface area (Å²) >= 11 is 0.995. The lowest BCUT2D eigenvalue weighted by molar-refractivity contribution is 0.408. The van der Waals surface area contributed by atoms with Crippen molar-refractivity contribution in [2.24, 2.45) is 5.92 Å². The molecular weight excluding hydrogens is 426 g/mol. The first-order valence-electron chi connectivity index (χ1n) is 9.32. The predicted molar refractivity (Wildman–Crippen MR) is 117 cm³/mol. The number of aromatic hydroxyl groups is 1. The maximum absolute atomic E-state index is 12.1. The zero-order valence-electron chi connectivity index (χ0n) is 17.3. The summed E-state index contributed by atoms with van der Waals surface area (Å²) in [6.07, 6.45) is 0. The fourth-order valence-corrected chi connectivity index (χ4v) is 4.23. The lowest BCUT2D eigenvalue weighted by Crippen LogP contribution is -2.19. The zero-order valence-corrected chi connectivity index (χ0v) is 19.0. The Morgan fingerprint density at radius 2 is 1.87 bits per heavy atom. The zero-order chi connectivity index (χ0) is 22.1. The summed E-state index contributed by atoms with van der Waals surface area (Å²) in [5, 5.41) is 16.8. The van der Waals surface area contributed by atoms with Gasteiger partial charge in [0.2, 0.25) is 10.0 Å². The Labute approximate surface area is 179 Å². The summed E-state index contributed by atoms with van der Waals surface area (Å²) in [4.78, 5) is -0.228. The molecule has 0 aliphatic rings. The Bertz CT molecular complexity index is 1120. The van der Waals surface area contributed by atoms with E-state index >= 15 is 0 Å². The predicted octanol–water partition coefficient (Wildman–Crippen LogP) is 3.91. The van der Waals surface area contributed by atoms with E-state index in [1.165, 1.54) is 19.2 Å². The molecule has 0 fully saturated rings. The van der Waals surface area contributed by atoms with Crippen LogP contribution in [-0.2, 0) is 10.0 Å². The van der Waals surface area contributed by atoms with E-state index in [0.717, 1.165) is 28.8 Å². The third-order valence-electron chi connectivity index (χ3n) is 4.75. The number of phenolic OH excluding ortho intramolecular Hbond substituents is 1. The van der Waals surface area contributed by atoms with Gasteiger partial charge in [-0.15, -0.1) is 0 Å². The molecule has 1 aromatic carbocycles. The Balaban J connectivity index is 1.90. The van der Waals surface area contributed by atoms with Gasteiger partial charge in [-0.2, -0.15) is 8.75 Å². The summed E-state index contributed by atoms with van der Waals surface area (Å²) < 4.78 is 40.8. The molecule has 0 radical (unpaired) electrons. The van der Waals surface area contributed by atoms with E-state index in [4.69, 9.17) is 4.42 Å². The lowest BCUT2D eigenvalue weighted by atomic mass is 10.0. The van der Waals surface area contributed by atoms with E-state index in [9.17, 15) is 13.5 Å². The van der Waals surface area contributed by atoms with Crippen molar-refractivity contribution in [2.75, 3.05) is 17.7 Å². The molecule has 9 nitrogen and oxygen atoms in total. The Morgan fingerprint density at radius 3 is 2.47 bits per heavy atom. The van der Waals surface area contributed by atoms with Crippen LogP contribution in [0.1, 0.15) is 37.0 Å². The number of anilines is 3. The maximum Gasteiger partial charge on any atom is 0.244 e. The van der Waals surface area contributed by atoms with Crippen LogP contribution in [0.3, 0.4) is 0 Å². The quantitative estimate of drug-likeness (QED) is 0.379. The number of nitrogens with one attached hydrogen (secondary N) is 3. The molecule has 0 aliphatic heterocycles. The second-order valence-corrected chi connectivity index (χ2v) is 9.58. The molecule has 2 aromatic heterocycles. The van der Waals surface area contributed by atoms with E-state index in [-0.39, 0.29) is 22.5 Å². The first kappa shape index (κ1) is 22.1. The number of para-hydroxylation sites is 1. The highest BCUT2D eigenvalue weighted by Crippen LogP contribution is 2.36. The van der Waals surface area contributed by atoms with Crippen molar-refractivity contribution in [2.45, 2.75) is 38.6 Å². The van der Waals surface area contributed by atoms with Gasteiger partial charge in [0.1, 0.15) is 16.4 Å². The minimum atomic E-state index is -3.81. The second-order valence-electron chi connectivity index (χ2n) is 7.20. The van der Waals surface area contributed by atoms with Gasteiger partial charge in [0.05, 0.1) is 23.5 Å². The molecule has 1 atom stereocenters. The average Bonchev–Trinajstić information content (AvgIpc) is 3.26. The monoisotopic (exact) mass is 451 g/mol. The van der Waals surface area contributed by atoms with E-state index < -0.39 is 15.8 Å². The molecule has 0 saturated carbocycles. The molecule has 0 saturated heterocycles. The second kappa shape index (κ2) is 8.62. The van der Waals surface area contributed by atoms with Gasteiger partial charge in [-0.1, -0.05) is 19.9 Å². The highest BCUT2D eigenvalue weighted by Gasteiger charge is 2.24. The fourth-order valence-electron chi connectivity index (χ4n) is 2.91. The van der Waals surface area contributed by atoms with Crippen molar-refractivity contribution in [3.05, 3.63) is 41.3 Å². The van der Waals surface area contributed by atoms with Crippen molar-refractivity contribution in [3.63, 3.8) is 0 Å². The van der Waals surface area contributed by atoms with Crippen LogP contribution < -0.4 is 15.4 Å². The third-order valence-corrected chi connectivity index (χ3v) is 6.72. The number of aryl methyl sites for hydroxylation is 2. The molecule has 0 unspecified atom stereocenters. The van der Waals surface area contributed by atoms with Gasteiger partial charge in [0.25, 0.3) is 0 Å². The van der Waals surface area contributed by atoms with Gasteiger partial charge in [0.15, 0.2) is 17.4 Å². The van der Waals surface area contributed by atoms with Crippen LogP contribution in [0.2, 0.25) is 0 Å². The standard InChI is InChI=1S/C19H25N5O4S2/c1-10(2)16(14-9-11(3)12(4)28-14)22-19-18(23-29-24-19)21-13-7-6-8-15(17(13)25)30(26,27)20-5/h6-10,16,20,25H,1-5H3,(H,21,23)(H,22,24)/t16-/m1/s1. The van der Waals surface area contributed by atoms with Gasteiger partial charge in [0, 0.05) is 0 Å². The first-order chi connectivity index (χ1) is 14.1. The lowest BCUT2D eigenvalue weighted by Gasteiger charge is -2.21. The van der Waals surface area contributed by atoms with E-state index in [1.54, 1.807) is 6.07 Å². The minimum Gasteiger partial charge on any atom is -0.504 e. The van der Waals surface area contributed by atoms with Crippen molar-refractivity contribution in [3.8, 4) is 5.75 Å². The molecule has 30 heavy (non-hydrogen) atoms. The summed E-state index contributed by atoms with van der Waals surface area (Å²) in [7, 11) is -2.53. The van der Waals surface area contributed by atoms with Crippen LogP contribution in [0.4, 0.5) is 17.3 Å². The van der Waals surface area contributed by atoms with Crippen LogP contribution in [0, 0.1) is 19.8 Å².